The molecule has 1 unspecified atom stereocenters. The summed E-state index contributed by atoms with van der Waals surface area (Å²) >= 11 is 6.25. The monoisotopic (exact) mass is 344 g/mol. The number of rotatable bonds is 5. The van der Waals surface area contributed by atoms with Gasteiger partial charge in [-0.05, 0) is 49.8 Å². The molecule has 0 saturated carbocycles. The molecule has 0 aliphatic heterocycles. The molecule has 126 valence electrons. The van der Waals surface area contributed by atoms with Crippen molar-refractivity contribution in [1.82, 2.24) is 10.0 Å². The molecule has 0 spiro atoms. The van der Waals surface area contributed by atoms with Gasteiger partial charge in [0, 0.05) is 5.69 Å². The van der Waals surface area contributed by atoms with Crippen LogP contribution in [0, 0.1) is 0 Å². The lowest BCUT2D eigenvalue weighted by atomic mass is 10.1. The first-order valence-electron chi connectivity index (χ1n) is 8.20. The summed E-state index contributed by atoms with van der Waals surface area (Å²) in [5.74, 6) is -0.242. The standard InChI is InChI=1S/C19H21ClN2O2/c1-13(11-14-7-4-3-5-8-14)22(24-2)19(23)16-12-15-9-6-10-17(15)21-18(16)20/h3-5,7-8,12-13H,6,9-11H2,1-2H3. The van der Waals surface area contributed by atoms with Gasteiger partial charge in [0.05, 0.1) is 18.7 Å². The van der Waals surface area contributed by atoms with E-state index in [1.54, 1.807) is 0 Å². The molecule has 5 heteroatoms. The molecule has 0 saturated heterocycles. The second-order valence-corrected chi connectivity index (χ2v) is 6.50. The Hall–Kier alpha value is -1.91. The topological polar surface area (TPSA) is 42.4 Å². The smallest absolute Gasteiger partial charge is 0.274 e. The van der Waals surface area contributed by atoms with Crippen LogP contribution < -0.4 is 0 Å². The van der Waals surface area contributed by atoms with Crippen LogP contribution in [0.4, 0.5) is 0 Å². The van der Waals surface area contributed by atoms with Crippen molar-refractivity contribution in [3.05, 3.63) is 63.9 Å². The van der Waals surface area contributed by atoms with Crippen LogP contribution in [-0.2, 0) is 24.1 Å². The summed E-state index contributed by atoms with van der Waals surface area (Å²) in [5.41, 5.74) is 3.70. The van der Waals surface area contributed by atoms with Crippen molar-refractivity contribution in [3.8, 4) is 0 Å². The van der Waals surface area contributed by atoms with E-state index in [0.29, 0.717) is 12.0 Å². The van der Waals surface area contributed by atoms with Crippen LogP contribution >= 0.6 is 11.6 Å². The van der Waals surface area contributed by atoms with Crippen LogP contribution in [-0.4, -0.2) is 29.1 Å². The van der Waals surface area contributed by atoms with Crippen LogP contribution in [0.15, 0.2) is 36.4 Å². The Balaban J connectivity index is 1.81. The second kappa shape index (κ2) is 7.32. The molecule has 1 atom stereocenters. The third-order valence-electron chi connectivity index (χ3n) is 4.41. The van der Waals surface area contributed by atoms with E-state index in [9.17, 15) is 4.79 Å². The van der Waals surface area contributed by atoms with Crippen molar-refractivity contribution in [2.45, 2.75) is 38.6 Å². The second-order valence-electron chi connectivity index (χ2n) is 6.14. The molecule has 1 heterocycles. The minimum atomic E-state index is -0.242. The molecule has 1 amide bonds. The number of halogens is 1. The predicted molar refractivity (Wildman–Crippen MR) is 94.1 cm³/mol. The molecule has 0 N–H and O–H groups in total. The van der Waals surface area contributed by atoms with Crippen LogP contribution in [0.2, 0.25) is 5.15 Å². The number of pyridine rings is 1. The fourth-order valence-electron chi connectivity index (χ4n) is 3.22. The number of fused-ring (bicyclic) bond motifs is 1. The maximum atomic E-state index is 12.9. The minimum absolute atomic E-state index is 0.116. The summed E-state index contributed by atoms with van der Waals surface area (Å²) in [5, 5.41) is 1.65. The Morgan fingerprint density at radius 1 is 1.33 bits per heavy atom. The summed E-state index contributed by atoms with van der Waals surface area (Å²) < 4.78 is 0. The van der Waals surface area contributed by atoms with Crippen molar-refractivity contribution in [1.29, 1.82) is 0 Å². The van der Waals surface area contributed by atoms with E-state index in [1.165, 1.54) is 12.2 Å². The van der Waals surface area contributed by atoms with Gasteiger partial charge in [-0.3, -0.25) is 9.63 Å². The van der Waals surface area contributed by atoms with Gasteiger partial charge >= 0.3 is 0 Å². The van der Waals surface area contributed by atoms with E-state index in [1.807, 2.05) is 43.3 Å². The van der Waals surface area contributed by atoms with Gasteiger partial charge < -0.3 is 0 Å². The summed E-state index contributed by atoms with van der Waals surface area (Å²) in [6, 6.07) is 11.8. The van der Waals surface area contributed by atoms with Crippen LogP contribution in [0.1, 0.15) is 40.5 Å². The van der Waals surface area contributed by atoms with Crippen LogP contribution in [0.5, 0.6) is 0 Å². The molecule has 4 nitrogen and oxygen atoms in total. The number of benzene rings is 1. The molecule has 0 fully saturated rings. The largest absolute Gasteiger partial charge is 0.280 e. The minimum Gasteiger partial charge on any atom is -0.274 e. The Morgan fingerprint density at radius 3 is 2.79 bits per heavy atom. The molecule has 24 heavy (non-hydrogen) atoms. The number of aryl methyl sites for hydroxylation is 2. The molecular weight excluding hydrogens is 324 g/mol. The molecule has 1 aromatic carbocycles. The molecule has 2 aromatic rings. The fourth-order valence-corrected chi connectivity index (χ4v) is 3.45. The zero-order chi connectivity index (χ0) is 17.1. The number of carbonyl (C=O) groups excluding carboxylic acids is 1. The number of hydrogen-bond donors (Lipinski definition) is 0. The molecule has 0 radical (unpaired) electrons. The highest BCUT2D eigenvalue weighted by atomic mass is 35.5. The Kier molecular flexibility index (Phi) is 5.17. The summed E-state index contributed by atoms with van der Waals surface area (Å²) in [4.78, 5) is 22.7. The van der Waals surface area contributed by atoms with E-state index in [4.69, 9.17) is 16.4 Å². The van der Waals surface area contributed by atoms with Crippen molar-refractivity contribution in [3.63, 3.8) is 0 Å². The summed E-state index contributed by atoms with van der Waals surface area (Å²) in [6.07, 6.45) is 3.65. The first-order chi connectivity index (χ1) is 11.6. The maximum absolute atomic E-state index is 12.9. The summed E-state index contributed by atoms with van der Waals surface area (Å²) in [6.45, 7) is 1.96. The fraction of sp³-hybridized carbons (Fsp3) is 0.368. The van der Waals surface area contributed by atoms with Crippen LogP contribution in [0.25, 0.3) is 0 Å². The number of amides is 1. The lowest BCUT2D eigenvalue weighted by molar-refractivity contribution is -0.119. The third-order valence-corrected chi connectivity index (χ3v) is 4.69. The van der Waals surface area contributed by atoms with Crippen molar-refractivity contribution >= 4 is 17.5 Å². The lowest BCUT2D eigenvalue weighted by Crippen LogP contribution is -2.39. The van der Waals surface area contributed by atoms with Gasteiger partial charge in [-0.25, -0.2) is 10.0 Å². The number of hydroxylamine groups is 2. The van der Waals surface area contributed by atoms with E-state index >= 15 is 0 Å². The van der Waals surface area contributed by atoms with E-state index in [-0.39, 0.29) is 17.1 Å². The van der Waals surface area contributed by atoms with Crippen molar-refractivity contribution < 1.29 is 9.63 Å². The van der Waals surface area contributed by atoms with Gasteiger partial charge in [-0.1, -0.05) is 41.9 Å². The quantitative estimate of drug-likeness (QED) is 0.611. The average Bonchev–Trinajstić information content (AvgIpc) is 3.02. The zero-order valence-electron chi connectivity index (χ0n) is 14.0. The van der Waals surface area contributed by atoms with Crippen molar-refractivity contribution in [2.75, 3.05) is 7.11 Å². The molecule has 1 aromatic heterocycles. The molecule has 1 aliphatic carbocycles. The number of nitrogens with zero attached hydrogens (tertiary/aromatic N) is 2. The highest BCUT2D eigenvalue weighted by Crippen LogP contribution is 2.26. The highest BCUT2D eigenvalue weighted by molar-refractivity contribution is 6.32. The van der Waals surface area contributed by atoms with Gasteiger partial charge in [0.1, 0.15) is 5.15 Å². The Morgan fingerprint density at radius 2 is 2.08 bits per heavy atom. The van der Waals surface area contributed by atoms with E-state index in [2.05, 4.69) is 4.98 Å². The first kappa shape index (κ1) is 16.9. The first-order valence-corrected chi connectivity index (χ1v) is 8.58. The van der Waals surface area contributed by atoms with Gasteiger partial charge in [0.15, 0.2) is 0 Å². The van der Waals surface area contributed by atoms with Gasteiger partial charge in [-0.15, -0.1) is 0 Å². The lowest BCUT2D eigenvalue weighted by Gasteiger charge is -2.27. The number of hydrogen-bond acceptors (Lipinski definition) is 3. The predicted octanol–water partition coefficient (Wildman–Crippen LogP) is 3.86. The van der Waals surface area contributed by atoms with E-state index < -0.39 is 0 Å². The molecular formula is C19H21ClN2O2. The van der Waals surface area contributed by atoms with Crippen molar-refractivity contribution in [2.24, 2.45) is 0 Å². The SMILES string of the molecule is CON(C(=O)c1cc2c(nc1Cl)CCC2)C(C)Cc1ccccc1. The molecule has 0 bridgehead atoms. The van der Waals surface area contributed by atoms with Crippen LogP contribution in [0.3, 0.4) is 0 Å². The maximum Gasteiger partial charge on any atom is 0.280 e. The normalized spacial score (nSPS) is 14.3. The average molecular weight is 345 g/mol. The molecule has 1 aliphatic rings. The van der Waals surface area contributed by atoms with Gasteiger partial charge in [-0.2, -0.15) is 0 Å². The Bertz CT molecular complexity index is 734. The number of aromatic nitrogens is 1. The zero-order valence-corrected chi connectivity index (χ0v) is 14.7. The Labute approximate surface area is 147 Å². The summed E-state index contributed by atoms with van der Waals surface area (Å²) in [7, 11) is 1.51. The number of carbonyl (C=O) groups is 1. The highest BCUT2D eigenvalue weighted by Gasteiger charge is 2.26. The van der Waals surface area contributed by atoms with Gasteiger partial charge in [0.25, 0.3) is 5.91 Å². The van der Waals surface area contributed by atoms with Gasteiger partial charge in [0.2, 0.25) is 0 Å². The third kappa shape index (κ3) is 3.45. The van der Waals surface area contributed by atoms with E-state index in [0.717, 1.165) is 36.1 Å². The molecule has 3 rings (SSSR count).